The summed E-state index contributed by atoms with van der Waals surface area (Å²) in [6.45, 7) is 3.58. The number of nitrogens with one attached hydrogen (secondary N) is 1. The number of halogens is 3. The molecular weight excluding hydrogens is 460 g/mol. The second-order valence-electron chi connectivity index (χ2n) is 8.94. The second kappa shape index (κ2) is 8.72. The molecule has 3 aromatic heterocycles. The Morgan fingerprint density at radius 1 is 1.09 bits per heavy atom. The highest BCUT2D eigenvalue weighted by Crippen LogP contribution is 2.31. The molecule has 0 atom stereocenters. The number of piperidine rings is 1. The summed E-state index contributed by atoms with van der Waals surface area (Å²) in [5.74, 6) is -1.19. The van der Waals surface area contributed by atoms with Crippen molar-refractivity contribution in [2.75, 3.05) is 26.2 Å². The predicted molar refractivity (Wildman–Crippen MR) is 125 cm³/mol. The number of rotatable bonds is 5. The van der Waals surface area contributed by atoms with E-state index in [0.29, 0.717) is 6.04 Å². The van der Waals surface area contributed by atoms with E-state index in [1.807, 2.05) is 29.3 Å². The second-order valence-corrected chi connectivity index (χ2v) is 9.34. The van der Waals surface area contributed by atoms with Gasteiger partial charge in [-0.1, -0.05) is 11.6 Å². The molecule has 2 aliphatic rings. The van der Waals surface area contributed by atoms with Crippen molar-refractivity contribution in [3.63, 3.8) is 0 Å². The van der Waals surface area contributed by atoms with Gasteiger partial charge in [0.2, 0.25) is 0 Å². The van der Waals surface area contributed by atoms with Crippen molar-refractivity contribution in [1.82, 2.24) is 34.5 Å². The number of fused-ring (bicyclic) bond motifs is 1. The van der Waals surface area contributed by atoms with Crippen LogP contribution in [-0.2, 0) is 6.54 Å². The fourth-order valence-electron chi connectivity index (χ4n) is 4.93. The summed E-state index contributed by atoms with van der Waals surface area (Å²) in [6.07, 6.45) is 9.22. The molecule has 6 rings (SSSR count). The van der Waals surface area contributed by atoms with E-state index in [-0.39, 0.29) is 17.1 Å². The summed E-state index contributed by atoms with van der Waals surface area (Å²) in [4.78, 5) is 16.3. The minimum Gasteiger partial charge on any atom is -0.346 e. The lowest BCUT2D eigenvalue weighted by atomic mass is 9.97. The van der Waals surface area contributed by atoms with Crippen molar-refractivity contribution in [3.8, 4) is 11.3 Å². The van der Waals surface area contributed by atoms with Crippen LogP contribution >= 0.6 is 11.6 Å². The van der Waals surface area contributed by atoms with E-state index in [9.17, 15) is 8.78 Å². The Balaban J connectivity index is 1.04. The molecule has 2 saturated heterocycles. The fourth-order valence-corrected chi connectivity index (χ4v) is 5.10. The number of hydrogen-bond donors (Lipinski definition) is 1. The molecule has 0 spiro atoms. The van der Waals surface area contributed by atoms with E-state index in [1.54, 1.807) is 6.33 Å². The maximum Gasteiger partial charge on any atom is 0.149 e. The molecule has 7 nitrogen and oxygen atoms in total. The first-order valence-corrected chi connectivity index (χ1v) is 11.7. The van der Waals surface area contributed by atoms with Crippen LogP contribution < -0.4 is 0 Å². The van der Waals surface area contributed by atoms with Crippen molar-refractivity contribution in [3.05, 3.63) is 71.4 Å². The SMILES string of the molecule is Fc1ccc(Cl)c(F)c1CN1CCC(N2C[C](n3cc(-c4ncnc5[nH]ccc45)cn3)C2)CC1. The van der Waals surface area contributed by atoms with Crippen LogP contribution in [0.25, 0.3) is 22.3 Å². The zero-order chi connectivity index (χ0) is 23.2. The minimum absolute atomic E-state index is 0.0334. The van der Waals surface area contributed by atoms with Gasteiger partial charge in [-0.25, -0.2) is 18.7 Å². The van der Waals surface area contributed by atoms with Crippen LogP contribution in [0.5, 0.6) is 0 Å². The lowest BCUT2D eigenvalue weighted by Crippen LogP contribution is -2.56. The molecule has 4 aromatic rings. The van der Waals surface area contributed by atoms with Crippen molar-refractivity contribution >= 4 is 22.6 Å². The zero-order valence-electron chi connectivity index (χ0n) is 18.4. The number of H-pyrrole nitrogens is 1. The third-order valence-electron chi connectivity index (χ3n) is 6.90. The Morgan fingerprint density at radius 3 is 2.74 bits per heavy atom. The summed E-state index contributed by atoms with van der Waals surface area (Å²) in [6, 6.07) is 6.18. The number of nitrogens with zero attached hydrogens (tertiary/aromatic N) is 6. The smallest absolute Gasteiger partial charge is 0.149 e. The van der Waals surface area contributed by atoms with Gasteiger partial charge in [-0.05, 0) is 44.1 Å². The Hall–Kier alpha value is -2.88. The number of hydrogen-bond acceptors (Lipinski definition) is 5. The summed E-state index contributed by atoms with van der Waals surface area (Å²) in [7, 11) is 0. The molecule has 34 heavy (non-hydrogen) atoms. The quantitative estimate of drug-likeness (QED) is 0.434. The van der Waals surface area contributed by atoms with Gasteiger partial charge in [0.15, 0.2) is 0 Å². The Bertz CT molecular complexity index is 1320. The summed E-state index contributed by atoms with van der Waals surface area (Å²) in [5.41, 5.74) is 2.70. The van der Waals surface area contributed by atoms with Gasteiger partial charge in [-0.2, -0.15) is 5.10 Å². The summed E-state index contributed by atoms with van der Waals surface area (Å²) < 4.78 is 30.3. The van der Waals surface area contributed by atoms with Gasteiger partial charge in [-0.3, -0.25) is 14.5 Å². The maximum absolute atomic E-state index is 14.2. The lowest BCUT2D eigenvalue weighted by molar-refractivity contribution is 0.0662. The highest BCUT2D eigenvalue weighted by molar-refractivity contribution is 6.30. The number of benzene rings is 1. The molecule has 0 aliphatic carbocycles. The Morgan fingerprint density at radius 2 is 1.91 bits per heavy atom. The Labute approximate surface area is 200 Å². The number of likely N-dealkylation sites (tertiary alicyclic amines) is 2. The first-order chi connectivity index (χ1) is 16.6. The third kappa shape index (κ3) is 3.87. The van der Waals surface area contributed by atoms with E-state index >= 15 is 0 Å². The lowest BCUT2D eigenvalue weighted by Gasteiger charge is -2.46. The fraction of sp³-hybridized carbons (Fsp3) is 0.333. The largest absolute Gasteiger partial charge is 0.346 e. The van der Waals surface area contributed by atoms with E-state index < -0.39 is 11.6 Å². The van der Waals surface area contributed by atoms with Gasteiger partial charge in [-0.15, -0.1) is 0 Å². The molecule has 1 aromatic carbocycles. The molecule has 0 saturated carbocycles. The molecular formula is C24H23ClF2N7. The zero-order valence-corrected chi connectivity index (χ0v) is 19.1. The molecule has 0 amide bonds. The first-order valence-electron chi connectivity index (χ1n) is 11.3. The predicted octanol–water partition coefficient (Wildman–Crippen LogP) is 4.11. The molecule has 1 radical (unpaired) electrons. The topological polar surface area (TPSA) is 65.9 Å². The van der Waals surface area contributed by atoms with E-state index in [2.05, 4.69) is 29.9 Å². The van der Waals surface area contributed by atoms with Crippen LogP contribution in [0, 0.1) is 17.7 Å². The minimum atomic E-state index is -0.649. The van der Waals surface area contributed by atoms with Crippen LogP contribution in [0.4, 0.5) is 8.78 Å². The van der Waals surface area contributed by atoms with Crippen LogP contribution in [0.15, 0.2) is 43.1 Å². The Kier molecular flexibility index (Phi) is 5.55. The van der Waals surface area contributed by atoms with Gasteiger partial charge >= 0.3 is 0 Å². The number of aromatic nitrogens is 5. The van der Waals surface area contributed by atoms with E-state index in [4.69, 9.17) is 11.6 Å². The van der Waals surface area contributed by atoms with Gasteiger partial charge < -0.3 is 4.98 Å². The monoisotopic (exact) mass is 482 g/mol. The van der Waals surface area contributed by atoms with Crippen LogP contribution in [-0.4, -0.2) is 66.8 Å². The van der Waals surface area contributed by atoms with Crippen molar-refractivity contribution in [1.29, 1.82) is 0 Å². The van der Waals surface area contributed by atoms with Gasteiger partial charge in [0, 0.05) is 54.6 Å². The average Bonchev–Trinajstić information content (AvgIpc) is 3.49. The number of aromatic amines is 1. The third-order valence-corrected chi connectivity index (χ3v) is 7.19. The van der Waals surface area contributed by atoms with E-state index in [1.165, 1.54) is 18.2 Å². The van der Waals surface area contributed by atoms with Gasteiger partial charge in [0.1, 0.15) is 29.7 Å². The van der Waals surface area contributed by atoms with Crippen molar-refractivity contribution in [2.24, 2.45) is 0 Å². The summed E-state index contributed by atoms with van der Waals surface area (Å²) >= 11 is 5.83. The van der Waals surface area contributed by atoms with Gasteiger partial charge in [0.25, 0.3) is 0 Å². The molecule has 0 bridgehead atoms. The van der Waals surface area contributed by atoms with Crippen molar-refractivity contribution in [2.45, 2.75) is 25.4 Å². The standard InChI is InChI=1S/C24H23ClF2N7/c25-20-1-2-21(26)19(22(20)27)13-32-7-4-16(5-8-32)33-11-17(12-33)34-10-15(9-31-34)23-18-3-6-28-24(18)30-14-29-23/h1-3,6,9-10,14,16H,4-5,7-8,11-13H2,(H,28,29,30). The molecule has 1 N–H and O–H groups in total. The van der Waals surface area contributed by atoms with E-state index in [0.717, 1.165) is 61.3 Å². The molecule has 2 fully saturated rings. The highest BCUT2D eigenvalue weighted by Gasteiger charge is 2.36. The first kappa shape index (κ1) is 21.6. The van der Waals surface area contributed by atoms with Crippen molar-refractivity contribution < 1.29 is 8.78 Å². The summed E-state index contributed by atoms with van der Waals surface area (Å²) in [5, 5.41) is 5.51. The van der Waals surface area contributed by atoms with Gasteiger partial charge in [0.05, 0.1) is 16.9 Å². The molecule has 5 heterocycles. The average molecular weight is 483 g/mol. The molecule has 10 heteroatoms. The van der Waals surface area contributed by atoms with Crippen LogP contribution in [0.1, 0.15) is 18.4 Å². The molecule has 0 unspecified atom stereocenters. The van der Waals surface area contributed by atoms with Crippen LogP contribution in [0.2, 0.25) is 5.02 Å². The van der Waals surface area contributed by atoms with Crippen LogP contribution in [0.3, 0.4) is 0 Å². The normalized spacial score (nSPS) is 18.6. The maximum atomic E-state index is 14.2. The highest BCUT2D eigenvalue weighted by atomic mass is 35.5. The molecule has 2 aliphatic heterocycles. The molecule has 175 valence electrons.